The smallest absolute Gasteiger partial charge is 0.229 e. The maximum absolute atomic E-state index is 13.0. The summed E-state index contributed by atoms with van der Waals surface area (Å²) in [6.45, 7) is 3.03. The number of likely N-dealkylation sites (tertiary alicyclic amines) is 1. The lowest BCUT2D eigenvalue weighted by Crippen LogP contribution is -2.35. The fraction of sp³-hybridized carbons (Fsp3) is 0.391. The molecule has 1 aromatic heterocycles. The van der Waals surface area contributed by atoms with Gasteiger partial charge >= 0.3 is 0 Å². The molecular weight excluding hydrogens is 367 g/mol. The average molecular weight is 394 g/mol. The van der Waals surface area contributed by atoms with Crippen LogP contribution in [0.3, 0.4) is 0 Å². The molecule has 2 heterocycles. The van der Waals surface area contributed by atoms with Crippen LogP contribution < -0.4 is 5.73 Å². The fourth-order valence-electron chi connectivity index (χ4n) is 3.88. The summed E-state index contributed by atoms with van der Waals surface area (Å²) in [5.41, 5.74) is 8.50. The Bertz CT molecular complexity index is 889. The molecule has 3 aromatic rings. The van der Waals surface area contributed by atoms with Gasteiger partial charge in [0, 0.05) is 18.4 Å². The quantitative estimate of drug-likeness (QED) is 0.654. The van der Waals surface area contributed by atoms with Crippen LogP contribution in [0.15, 0.2) is 59.1 Å². The minimum atomic E-state index is -0.237. The molecule has 1 saturated heterocycles. The first-order valence-corrected chi connectivity index (χ1v) is 10.3. The summed E-state index contributed by atoms with van der Waals surface area (Å²) >= 11 is 0. The zero-order chi connectivity index (χ0) is 20.1. The Kier molecular flexibility index (Phi) is 6.32. The summed E-state index contributed by atoms with van der Waals surface area (Å²) in [7, 11) is 0. The first kappa shape index (κ1) is 19.7. The zero-order valence-corrected chi connectivity index (χ0v) is 16.5. The highest BCUT2D eigenvalue weighted by atomic mass is 19.1. The van der Waals surface area contributed by atoms with Crippen LogP contribution in [0.25, 0.3) is 0 Å². The lowest BCUT2D eigenvalue weighted by molar-refractivity contribution is 0.189. The van der Waals surface area contributed by atoms with E-state index in [0.717, 1.165) is 50.4 Å². The number of rotatable bonds is 7. The molecule has 1 aliphatic heterocycles. The topological polar surface area (TPSA) is 68.2 Å². The van der Waals surface area contributed by atoms with E-state index < -0.39 is 0 Å². The van der Waals surface area contributed by atoms with Crippen molar-refractivity contribution in [1.29, 1.82) is 0 Å². The normalized spacial score (nSPS) is 16.8. The first-order chi connectivity index (χ1) is 14.2. The summed E-state index contributed by atoms with van der Waals surface area (Å²) in [6, 6.07) is 16.8. The number of aromatic nitrogens is 2. The van der Waals surface area contributed by atoms with Gasteiger partial charge in [-0.15, -0.1) is 0 Å². The van der Waals surface area contributed by atoms with Crippen molar-refractivity contribution in [2.24, 2.45) is 5.73 Å². The van der Waals surface area contributed by atoms with Gasteiger partial charge in [-0.05, 0) is 62.2 Å². The van der Waals surface area contributed by atoms with Crippen molar-refractivity contribution in [3.63, 3.8) is 0 Å². The standard InChI is InChI=1S/C23H27FN4O/c24-20-8-6-17(7-9-20)16-22-26-23(29-27-22)19-10-13-28(14-11-19)15-12-21(25)18-4-2-1-3-5-18/h1-9,19,21H,10-16,25H2/t21-/m0/s1. The van der Waals surface area contributed by atoms with E-state index in [1.807, 2.05) is 18.2 Å². The molecule has 0 unspecified atom stereocenters. The second-order valence-corrected chi connectivity index (χ2v) is 7.77. The summed E-state index contributed by atoms with van der Waals surface area (Å²) in [6.07, 6.45) is 3.54. The van der Waals surface area contributed by atoms with Crippen LogP contribution >= 0.6 is 0 Å². The van der Waals surface area contributed by atoms with E-state index in [0.29, 0.717) is 18.2 Å². The van der Waals surface area contributed by atoms with Gasteiger partial charge in [0.1, 0.15) is 5.82 Å². The second kappa shape index (κ2) is 9.29. The van der Waals surface area contributed by atoms with Crippen molar-refractivity contribution in [1.82, 2.24) is 15.0 Å². The Labute approximate surface area is 170 Å². The summed E-state index contributed by atoms with van der Waals surface area (Å²) in [4.78, 5) is 7.05. The van der Waals surface area contributed by atoms with E-state index in [1.165, 1.54) is 17.7 Å². The highest BCUT2D eigenvalue weighted by molar-refractivity contribution is 5.20. The highest BCUT2D eigenvalue weighted by Crippen LogP contribution is 2.27. The van der Waals surface area contributed by atoms with Crippen molar-refractivity contribution >= 4 is 0 Å². The van der Waals surface area contributed by atoms with Crippen LogP contribution in [0, 0.1) is 5.82 Å². The van der Waals surface area contributed by atoms with Gasteiger partial charge in [-0.2, -0.15) is 4.98 Å². The van der Waals surface area contributed by atoms with Gasteiger partial charge < -0.3 is 15.2 Å². The molecule has 0 radical (unpaired) electrons. The molecule has 0 spiro atoms. The van der Waals surface area contributed by atoms with E-state index in [2.05, 4.69) is 27.2 Å². The maximum Gasteiger partial charge on any atom is 0.229 e. The molecule has 29 heavy (non-hydrogen) atoms. The molecule has 6 heteroatoms. The third-order valence-corrected chi connectivity index (χ3v) is 5.68. The van der Waals surface area contributed by atoms with E-state index in [1.54, 1.807) is 12.1 Å². The summed E-state index contributed by atoms with van der Waals surface area (Å²) in [5.74, 6) is 1.45. The average Bonchev–Trinajstić information content (AvgIpc) is 3.23. The maximum atomic E-state index is 13.0. The minimum Gasteiger partial charge on any atom is -0.339 e. The highest BCUT2D eigenvalue weighted by Gasteiger charge is 2.25. The molecule has 1 aliphatic rings. The Morgan fingerprint density at radius 1 is 1.07 bits per heavy atom. The van der Waals surface area contributed by atoms with Gasteiger partial charge in [0.25, 0.3) is 0 Å². The number of nitrogens with zero attached hydrogens (tertiary/aromatic N) is 3. The third kappa shape index (κ3) is 5.28. The molecule has 1 fully saturated rings. The second-order valence-electron chi connectivity index (χ2n) is 7.77. The Morgan fingerprint density at radius 3 is 2.52 bits per heavy atom. The van der Waals surface area contributed by atoms with Crippen LogP contribution in [0.4, 0.5) is 4.39 Å². The van der Waals surface area contributed by atoms with Crippen LogP contribution in [-0.2, 0) is 6.42 Å². The van der Waals surface area contributed by atoms with Gasteiger partial charge in [-0.1, -0.05) is 47.6 Å². The monoisotopic (exact) mass is 394 g/mol. The van der Waals surface area contributed by atoms with Gasteiger partial charge in [-0.3, -0.25) is 0 Å². The van der Waals surface area contributed by atoms with E-state index in [-0.39, 0.29) is 11.9 Å². The van der Waals surface area contributed by atoms with Crippen molar-refractivity contribution in [2.75, 3.05) is 19.6 Å². The van der Waals surface area contributed by atoms with Gasteiger partial charge in [0.05, 0.1) is 0 Å². The lowest BCUT2D eigenvalue weighted by atomic mass is 9.96. The lowest BCUT2D eigenvalue weighted by Gasteiger charge is -2.31. The molecule has 0 saturated carbocycles. The number of benzene rings is 2. The van der Waals surface area contributed by atoms with Crippen LogP contribution in [0.5, 0.6) is 0 Å². The van der Waals surface area contributed by atoms with Gasteiger partial charge in [0.15, 0.2) is 5.82 Å². The molecule has 4 rings (SSSR count). The molecular formula is C23H27FN4O. The van der Waals surface area contributed by atoms with Gasteiger partial charge in [0.2, 0.25) is 5.89 Å². The molecule has 152 valence electrons. The minimum absolute atomic E-state index is 0.0823. The van der Waals surface area contributed by atoms with Crippen molar-refractivity contribution in [2.45, 2.75) is 37.6 Å². The van der Waals surface area contributed by atoms with Crippen LogP contribution in [-0.4, -0.2) is 34.7 Å². The third-order valence-electron chi connectivity index (χ3n) is 5.68. The van der Waals surface area contributed by atoms with Gasteiger partial charge in [-0.25, -0.2) is 4.39 Å². The summed E-state index contributed by atoms with van der Waals surface area (Å²) < 4.78 is 18.5. The molecule has 2 aromatic carbocycles. The SMILES string of the molecule is N[C@@H](CCN1CCC(c2nc(Cc3ccc(F)cc3)no2)CC1)c1ccccc1. The number of hydrogen-bond donors (Lipinski definition) is 1. The summed E-state index contributed by atoms with van der Waals surface area (Å²) in [5, 5.41) is 4.11. The van der Waals surface area contributed by atoms with E-state index in [9.17, 15) is 4.39 Å². The van der Waals surface area contributed by atoms with Crippen LogP contribution in [0.2, 0.25) is 0 Å². The number of hydrogen-bond acceptors (Lipinski definition) is 5. The Hall–Kier alpha value is -2.57. The molecule has 0 amide bonds. The van der Waals surface area contributed by atoms with E-state index in [4.69, 9.17) is 10.3 Å². The first-order valence-electron chi connectivity index (χ1n) is 10.3. The number of halogens is 1. The van der Waals surface area contributed by atoms with E-state index >= 15 is 0 Å². The molecule has 5 nitrogen and oxygen atoms in total. The predicted molar refractivity (Wildman–Crippen MR) is 110 cm³/mol. The molecule has 0 bridgehead atoms. The largest absolute Gasteiger partial charge is 0.339 e. The number of nitrogens with two attached hydrogens (primary N) is 1. The van der Waals surface area contributed by atoms with Crippen LogP contribution in [0.1, 0.15) is 54.1 Å². The molecule has 0 aliphatic carbocycles. The Morgan fingerprint density at radius 2 is 1.79 bits per heavy atom. The predicted octanol–water partition coefficient (Wildman–Crippen LogP) is 4.07. The molecule has 2 N–H and O–H groups in total. The van der Waals surface area contributed by atoms with Crippen molar-refractivity contribution in [3.05, 3.63) is 83.3 Å². The van der Waals surface area contributed by atoms with Crippen molar-refractivity contribution in [3.8, 4) is 0 Å². The fourth-order valence-corrected chi connectivity index (χ4v) is 3.88. The Balaban J connectivity index is 1.24. The zero-order valence-electron chi connectivity index (χ0n) is 16.5. The molecule has 1 atom stereocenters. The number of piperidine rings is 1. The van der Waals surface area contributed by atoms with Crippen molar-refractivity contribution < 1.29 is 8.91 Å².